The van der Waals surface area contributed by atoms with E-state index in [9.17, 15) is 8.42 Å². The van der Waals surface area contributed by atoms with Gasteiger partial charge in [-0.1, -0.05) is 6.07 Å². The van der Waals surface area contributed by atoms with Gasteiger partial charge in [-0.3, -0.25) is 10.1 Å². The molecule has 8 heteroatoms. The summed E-state index contributed by atoms with van der Waals surface area (Å²) < 4.78 is 26.7. The van der Waals surface area contributed by atoms with E-state index in [0.717, 1.165) is 0 Å². The van der Waals surface area contributed by atoms with Gasteiger partial charge in [0.15, 0.2) is 0 Å². The van der Waals surface area contributed by atoms with E-state index >= 15 is 0 Å². The van der Waals surface area contributed by atoms with Crippen LogP contribution in [0.1, 0.15) is 17.1 Å². The summed E-state index contributed by atoms with van der Waals surface area (Å²) in [6.45, 7) is 2.30. The predicted molar refractivity (Wildman–Crippen MR) is 79.0 cm³/mol. The molecule has 7 nitrogen and oxygen atoms in total. The Morgan fingerprint density at radius 3 is 2.76 bits per heavy atom. The first-order valence-electron chi connectivity index (χ1n) is 6.51. The van der Waals surface area contributed by atoms with E-state index in [2.05, 4.69) is 20.5 Å². The molecule has 2 aromatic heterocycles. The zero-order valence-electron chi connectivity index (χ0n) is 12.3. The fraction of sp³-hybridized carbons (Fsp3) is 0.385. The molecule has 0 bridgehead atoms. The summed E-state index contributed by atoms with van der Waals surface area (Å²) in [6.07, 6.45) is 1.64. The molecule has 2 heterocycles. The van der Waals surface area contributed by atoms with Crippen LogP contribution in [-0.2, 0) is 23.1 Å². The number of H-pyrrole nitrogens is 1. The maximum Gasteiger partial charge on any atom is 0.246 e. The maximum absolute atomic E-state index is 12.7. The SMILES string of the molecule is CNCc1n[nH]c(C)c1S(=O)(=O)N(C)Cc1ccccn1. The third kappa shape index (κ3) is 3.29. The molecule has 0 amide bonds. The van der Waals surface area contributed by atoms with Crippen LogP contribution in [0.15, 0.2) is 29.3 Å². The molecule has 2 rings (SSSR count). The van der Waals surface area contributed by atoms with Gasteiger partial charge in [-0.2, -0.15) is 9.40 Å². The lowest BCUT2D eigenvalue weighted by atomic mass is 10.3. The van der Waals surface area contributed by atoms with E-state index in [0.29, 0.717) is 23.6 Å². The van der Waals surface area contributed by atoms with Crippen molar-refractivity contribution in [3.8, 4) is 0 Å². The summed E-state index contributed by atoms with van der Waals surface area (Å²) in [6, 6.07) is 5.42. The van der Waals surface area contributed by atoms with E-state index in [-0.39, 0.29) is 11.4 Å². The van der Waals surface area contributed by atoms with E-state index < -0.39 is 10.0 Å². The van der Waals surface area contributed by atoms with Gasteiger partial charge >= 0.3 is 0 Å². The highest BCUT2D eigenvalue weighted by atomic mass is 32.2. The average molecular weight is 309 g/mol. The number of pyridine rings is 1. The Kier molecular flexibility index (Phi) is 4.71. The van der Waals surface area contributed by atoms with Crippen LogP contribution in [0.2, 0.25) is 0 Å². The molecule has 0 aromatic carbocycles. The number of aryl methyl sites for hydroxylation is 1. The second-order valence-electron chi connectivity index (χ2n) is 4.74. The first kappa shape index (κ1) is 15.6. The summed E-state index contributed by atoms with van der Waals surface area (Å²) >= 11 is 0. The fourth-order valence-electron chi connectivity index (χ4n) is 2.06. The molecule has 0 aliphatic rings. The van der Waals surface area contributed by atoms with E-state index in [1.165, 1.54) is 4.31 Å². The molecule has 0 radical (unpaired) electrons. The van der Waals surface area contributed by atoms with Crippen molar-refractivity contribution in [2.45, 2.75) is 24.9 Å². The van der Waals surface area contributed by atoms with Crippen LogP contribution < -0.4 is 5.32 Å². The third-order valence-corrected chi connectivity index (χ3v) is 5.09. The zero-order valence-corrected chi connectivity index (χ0v) is 13.1. The molecule has 0 unspecified atom stereocenters. The molecule has 0 aliphatic heterocycles. The number of nitrogens with one attached hydrogen (secondary N) is 2. The maximum atomic E-state index is 12.7. The molecule has 2 aromatic rings. The van der Waals surface area contributed by atoms with Gasteiger partial charge in [-0.05, 0) is 26.1 Å². The van der Waals surface area contributed by atoms with Crippen molar-refractivity contribution in [1.29, 1.82) is 0 Å². The highest BCUT2D eigenvalue weighted by molar-refractivity contribution is 7.89. The van der Waals surface area contributed by atoms with Gasteiger partial charge in [-0.15, -0.1) is 0 Å². The molecule has 114 valence electrons. The molecule has 2 N–H and O–H groups in total. The standard InChI is InChI=1S/C13H19N5O2S/c1-10-13(12(8-14-2)17-16-10)21(19,20)18(3)9-11-6-4-5-7-15-11/h4-7,14H,8-9H2,1-3H3,(H,16,17). The monoisotopic (exact) mass is 309 g/mol. The Morgan fingerprint density at radius 1 is 1.38 bits per heavy atom. The quantitative estimate of drug-likeness (QED) is 0.818. The van der Waals surface area contributed by atoms with Crippen molar-refractivity contribution >= 4 is 10.0 Å². The Balaban J connectivity index is 2.31. The van der Waals surface area contributed by atoms with E-state index in [1.54, 1.807) is 39.3 Å². The minimum atomic E-state index is -3.62. The lowest BCUT2D eigenvalue weighted by Gasteiger charge is -2.17. The number of aromatic nitrogens is 3. The van der Waals surface area contributed by atoms with Crippen LogP contribution >= 0.6 is 0 Å². The Hall–Kier alpha value is -1.77. The first-order valence-corrected chi connectivity index (χ1v) is 7.95. The summed E-state index contributed by atoms with van der Waals surface area (Å²) in [7, 11) is -0.328. The first-order chi connectivity index (χ1) is 9.96. The van der Waals surface area contributed by atoms with E-state index in [1.807, 2.05) is 6.07 Å². The van der Waals surface area contributed by atoms with Crippen molar-refractivity contribution in [1.82, 2.24) is 24.8 Å². The van der Waals surface area contributed by atoms with Crippen molar-refractivity contribution < 1.29 is 8.42 Å². The van der Waals surface area contributed by atoms with Gasteiger partial charge in [0, 0.05) is 19.8 Å². The van der Waals surface area contributed by atoms with E-state index in [4.69, 9.17) is 0 Å². The van der Waals surface area contributed by atoms with Crippen LogP contribution in [0.4, 0.5) is 0 Å². The van der Waals surface area contributed by atoms with Crippen molar-refractivity contribution in [2.75, 3.05) is 14.1 Å². The number of hydrogen-bond donors (Lipinski definition) is 2. The highest BCUT2D eigenvalue weighted by Gasteiger charge is 2.28. The number of sulfonamides is 1. The van der Waals surface area contributed by atoms with Crippen LogP contribution in [0.25, 0.3) is 0 Å². The smallest absolute Gasteiger partial charge is 0.246 e. The second-order valence-corrected chi connectivity index (χ2v) is 6.72. The zero-order chi connectivity index (χ0) is 15.5. The summed E-state index contributed by atoms with van der Waals surface area (Å²) in [4.78, 5) is 4.38. The average Bonchev–Trinajstić information content (AvgIpc) is 2.82. The van der Waals surface area contributed by atoms with Gasteiger partial charge in [0.05, 0.1) is 23.6 Å². The largest absolute Gasteiger partial charge is 0.314 e. The molecule has 0 atom stereocenters. The minimum absolute atomic E-state index is 0.215. The van der Waals surface area contributed by atoms with Crippen LogP contribution in [0.3, 0.4) is 0 Å². The Labute approximate surface area is 124 Å². The minimum Gasteiger partial charge on any atom is -0.314 e. The number of nitrogens with zero attached hydrogens (tertiary/aromatic N) is 3. The molecule has 21 heavy (non-hydrogen) atoms. The summed E-state index contributed by atoms with van der Waals surface area (Å²) in [5.74, 6) is 0. The fourth-order valence-corrected chi connectivity index (χ4v) is 3.52. The Morgan fingerprint density at radius 2 is 2.14 bits per heavy atom. The van der Waals surface area contributed by atoms with Gasteiger partial charge in [-0.25, -0.2) is 8.42 Å². The van der Waals surface area contributed by atoms with Crippen LogP contribution in [-0.4, -0.2) is 42.0 Å². The molecule has 0 saturated heterocycles. The third-order valence-electron chi connectivity index (χ3n) is 3.08. The summed E-state index contributed by atoms with van der Waals surface area (Å²) in [5, 5.41) is 9.71. The molecule has 0 fully saturated rings. The molecule has 0 aliphatic carbocycles. The van der Waals surface area contributed by atoms with Crippen molar-refractivity contribution in [3.05, 3.63) is 41.5 Å². The van der Waals surface area contributed by atoms with Crippen LogP contribution in [0, 0.1) is 6.92 Å². The number of hydrogen-bond acceptors (Lipinski definition) is 5. The number of aromatic amines is 1. The lowest BCUT2D eigenvalue weighted by molar-refractivity contribution is 0.460. The molecular weight excluding hydrogens is 290 g/mol. The highest BCUT2D eigenvalue weighted by Crippen LogP contribution is 2.22. The topological polar surface area (TPSA) is 91.0 Å². The predicted octanol–water partition coefficient (Wildman–Crippen LogP) is 0.653. The van der Waals surface area contributed by atoms with Crippen LogP contribution in [0.5, 0.6) is 0 Å². The van der Waals surface area contributed by atoms with Gasteiger partial charge in [0.2, 0.25) is 10.0 Å². The normalized spacial score (nSPS) is 12.0. The second kappa shape index (κ2) is 6.33. The lowest BCUT2D eigenvalue weighted by Crippen LogP contribution is -2.28. The summed E-state index contributed by atoms with van der Waals surface area (Å²) in [5.41, 5.74) is 1.72. The van der Waals surface area contributed by atoms with Gasteiger partial charge in [0.25, 0.3) is 0 Å². The molecular formula is C13H19N5O2S. The molecule has 0 spiro atoms. The Bertz CT molecular complexity index is 697. The van der Waals surface area contributed by atoms with Crippen molar-refractivity contribution in [3.63, 3.8) is 0 Å². The van der Waals surface area contributed by atoms with Gasteiger partial charge in [0.1, 0.15) is 4.90 Å². The molecule has 0 saturated carbocycles. The number of rotatable bonds is 6. The van der Waals surface area contributed by atoms with Gasteiger partial charge < -0.3 is 5.32 Å². The van der Waals surface area contributed by atoms with Crippen molar-refractivity contribution in [2.24, 2.45) is 0 Å².